The number of carboxylic acid groups (broad SMARTS) is 1. The van der Waals surface area contributed by atoms with Crippen LogP contribution in [0.3, 0.4) is 0 Å². The van der Waals surface area contributed by atoms with Gasteiger partial charge in [-0.15, -0.1) is 0 Å². The Balaban J connectivity index is 2.22. The Morgan fingerprint density at radius 1 is 1.50 bits per heavy atom. The highest BCUT2D eigenvalue weighted by Crippen LogP contribution is 2.16. The second-order valence-corrected chi connectivity index (χ2v) is 3.34. The molecule has 0 saturated heterocycles. The number of nitrogen functional groups attached to an aromatic ring is 1. The van der Waals surface area contributed by atoms with Crippen LogP contribution in [0.1, 0.15) is 0 Å². The summed E-state index contributed by atoms with van der Waals surface area (Å²) < 4.78 is 1.78. The van der Waals surface area contributed by atoms with E-state index in [0.717, 1.165) is 11.0 Å². The molecule has 0 saturated carbocycles. The lowest BCUT2D eigenvalue weighted by Crippen LogP contribution is -2.25. The average Bonchev–Trinajstić information content (AvgIpc) is 2.55. The zero-order valence-corrected chi connectivity index (χ0v) is 8.55. The van der Waals surface area contributed by atoms with Crippen LogP contribution in [0, 0.1) is 0 Å². The van der Waals surface area contributed by atoms with Crippen molar-refractivity contribution in [3.8, 4) is 0 Å². The number of amides is 1. The van der Waals surface area contributed by atoms with Crippen LogP contribution in [0.5, 0.6) is 0 Å². The minimum Gasteiger partial charge on any atom is -0.465 e. The summed E-state index contributed by atoms with van der Waals surface area (Å²) in [6.45, 7) is 0.776. The first-order valence-corrected chi connectivity index (χ1v) is 4.86. The van der Waals surface area contributed by atoms with Crippen molar-refractivity contribution in [2.45, 2.75) is 6.54 Å². The molecule has 0 aliphatic carbocycles. The van der Waals surface area contributed by atoms with Crippen LogP contribution in [0.2, 0.25) is 0 Å². The molecule has 6 heteroatoms. The molecule has 0 bridgehead atoms. The first kappa shape index (κ1) is 10.3. The van der Waals surface area contributed by atoms with Crippen LogP contribution in [0.4, 0.5) is 10.7 Å². The summed E-state index contributed by atoms with van der Waals surface area (Å²) in [5.74, 6) is 0.397. The standard InChI is InChI=1S/C10H12N4O2/c11-9-13-7-3-1-2-4-8(7)14(9)6-5-12-10(15)16/h1-4,12H,5-6H2,(H2,11,13)(H,15,16). The Bertz CT molecular complexity index is 521. The van der Waals surface area contributed by atoms with Crippen LogP contribution in [0.15, 0.2) is 24.3 Å². The summed E-state index contributed by atoms with van der Waals surface area (Å²) in [4.78, 5) is 14.5. The zero-order valence-electron chi connectivity index (χ0n) is 8.55. The molecule has 2 aromatic rings. The van der Waals surface area contributed by atoms with Crippen molar-refractivity contribution < 1.29 is 9.90 Å². The lowest BCUT2D eigenvalue weighted by atomic mass is 10.3. The normalized spacial score (nSPS) is 10.5. The van der Waals surface area contributed by atoms with Gasteiger partial charge in [0.2, 0.25) is 5.95 Å². The molecule has 1 aromatic carbocycles. The molecule has 2 rings (SSSR count). The van der Waals surface area contributed by atoms with Gasteiger partial charge in [-0.05, 0) is 12.1 Å². The number of rotatable bonds is 3. The van der Waals surface area contributed by atoms with E-state index in [1.54, 1.807) is 4.57 Å². The summed E-state index contributed by atoms with van der Waals surface area (Å²) in [6, 6.07) is 7.55. The molecule has 0 aliphatic rings. The predicted octanol–water partition coefficient (Wildman–Crippen LogP) is 0.886. The van der Waals surface area contributed by atoms with Crippen molar-refractivity contribution in [1.29, 1.82) is 0 Å². The Morgan fingerprint density at radius 2 is 2.25 bits per heavy atom. The molecule has 0 radical (unpaired) electrons. The van der Waals surface area contributed by atoms with Gasteiger partial charge >= 0.3 is 6.09 Å². The highest BCUT2D eigenvalue weighted by molar-refractivity contribution is 5.78. The summed E-state index contributed by atoms with van der Waals surface area (Å²) in [6.07, 6.45) is -1.04. The fourth-order valence-electron chi connectivity index (χ4n) is 1.60. The van der Waals surface area contributed by atoms with E-state index >= 15 is 0 Å². The highest BCUT2D eigenvalue weighted by Gasteiger charge is 2.06. The zero-order chi connectivity index (χ0) is 11.5. The van der Waals surface area contributed by atoms with Gasteiger partial charge in [0, 0.05) is 13.1 Å². The third-order valence-corrected chi connectivity index (χ3v) is 2.30. The van der Waals surface area contributed by atoms with E-state index in [0.29, 0.717) is 19.0 Å². The minimum absolute atomic E-state index is 0.305. The third-order valence-electron chi connectivity index (χ3n) is 2.30. The number of benzene rings is 1. The number of para-hydroxylation sites is 2. The van der Waals surface area contributed by atoms with Gasteiger partial charge in [0.25, 0.3) is 0 Å². The van der Waals surface area contributed by atoms with Crippen LogP contribution >= 0.6 is 0 Å². The van der Waals surface area contributed by atoms with E-state index in [2.05, 4.69) is 10.3 Å². The highest BCUT2D eigenvalue weighted by atomic mass is 16.4. The minimum atomic E-state index is -1.04. The maximum atomic E-state index is 10.3. The molecule has 0 spiro atoms. The van der Waals surface area contributed by atoms with Gasteiger partial charge in [-0.25, -0.2) is 9.78 Å². The van der Waals surface area contributed by atoms with E-state index in [-0.39, 0.29) is 0 Å². The van der Waals surface area contributed by atoms with Gasteiger partial charge < -0.3 is 20.7 Å². The third kappa shape index (κ3) is 1.90. The molecule has 16 heavy (non-hydrogen) atoms. The Labute approximate surface area is 91.7 Å². The van der Waals surface area contributed by atoms with Crippen LogP contribution in [-0.4, -0.2) is 27.3 Å². The predicted molar refractivity (Wildman–Crippen MR) is 60.2 cm³/mol. The second-order valence-electron chi connectivity index (χ2n) is 3.34. The lowest BCUT2D eigenvalue weighted by Gasteiger charge is -2.05. The molecule has 1 heterocycles. The van der Waals surface area contributed by atoms with Crippen LogP contribution < -0.4 is 11.1 Å². The topological polar surface area (TPSA) is 93.2 Å². The Kier molecular flexibility index (Phi) is 2.63. The van der Waals surface area contributed by atoms with Crippen molar-refractivity contribution in [1.82, 2.24) is 14.9 Å². The molecule has 0 atom stereocenters. The molecule has 0 aliphatic heterocycles. The summed E-state index contributed by atoms with van der Waals surface area (Å²) >= 11 is 0. The average molecular weight is 220 g/mol. The van der Waals surface area contributed by atoms with E-state index in [9.17, 15) is 4.79 Å². The molecule has 84 valence electrons. The molecule has 0 unspecified atom stereocenters. The fraction of sp³-hybridized carbons (Fsp3) is 0.200. The number of anilines is 1. The second kappa shape index (κ2) is 4.09. The molecule has 6 nitrogen and oxygen atoms in total. The van der Waals surface area contributed by atoms with Gasteiger partial charge in [0.15, 0.2) is 0 Å². The van der Waals surface area contributed by atoms with Gasteiger partial charge in [0.1, 0.15) is 0 Å². The SMILES string of the molecule is Nc1nc2ccccc2n1CCNC(=O)O. The fourth-order valence-corrected chi connectivity index (χ4v) is 1.60. The molecule has 4 N–H and O–H groups in total. The van der Waals surface area contributed by atoms with Gasteiger partial charge in [0.05, 0.1) is 11.0 Å². The van der Waals surface area contributed by atoms with Gasteiger partial charge in [-0.3, -0.25) is 0 Å². The maximum absolute atomic E-state index is 10.3. The quantitative estimate of drug-likeness (QED) is 0.716. The number of nitrogens with one attached hydrogen (secondary N) is 1. The van der Waals surface area contributed by atoms with Crippen molar-refractivity contribution in [3.05, 3.63) is 24.3 Å². The van der Waals surface area contributed by atoms with E-state index in [4.69, 9.17) is 10.8 Å². The van der Waals surface area contributed by atoms with E-state index < -0.39 is 6.09 Å². The molecular weight excluding hydrogens is 208 g/mol. The Morgan fingerprint density at radius 3 is 3.00 bits per heavy atom. The van der Waals surface area contributed by atoms with Crippen molar-refractivity contribution in [3.63, 3.8) is 0 Å². The number of hydrogen-bond acceptors (Lipinski definition) is 3. The molecule has 1 amide bonds. The van der Waals surface area contributed by atoms with Gasteiger partial charge in [-0.2, -0.15) is 0 Å². The van der Waals surface area contributed by atoms with Crippen molar-refractivity contribution >= 4 is 23.1 Å². The number of hydrogen-bond donors (Lipinski definition) is 3. The number of nitrogens with two attached hydrogens (primary N) is 1. The first-order valence-electron chi connectivity index (χ1n) is 4.86. The van der Waals surface area contributed by atoms with Gasteiger partial charge in [-0.1, -0.05) is 12.1 Å². The lowest BCUT2D eigenvalue weighted by molar-refractivity contribution is 0.194. The molecular formula is C10H12N4O2. The van der Waals surface area contributed by atoms with E-state index in [1.165, 1.54) is 0 Å². The number of fused-ring (bicyclic) bond motifs is 1. The Hall–Kier alpha value is -2.24. The summed E-state index contributed by atoms with van der Waals surface area (Å²) in [5.41, 5.74) is 7.47. The van der Waals surface area contributed by atoms with Crippen molar-refractivity contribution in [2.75, 3.05) is 12.3 Å². The van der Waals surface area contributed by atoms with E-state index in [1.807, 2.05) is 24.3 Å². The van der Waals surface area contributed by atoms with Crippen molar-refractivity contribution in [2.24, 2.45) is 0 Å². The number of aromatic nitrogens is 2. The molecule has 1 aromatic heterocycles. The number of imidazole rings is 1. The smallest absolute Gasteiger partial charge is 0.404 e. The van der Waals surface area contributed by atoms with Crippen LogP contribution in [-0.2, 0) is 6.54 Å². The maximum Gasteiger partial charge on any atom is 0.404 e. The summed E-state index contributed by atoms with van der Waals surface area (Å²) in [5, 5.41) is 10.7. The summed E-state index contributed by atoms with van der Waals surface area (Å²) in [7, 11) is 0. The monoisotopic (exact) mass is 220 g/mol. The largest absolute Gasteiger partial charge is 0.465 e. The molecule has 0 fully saturated rings. The first-order chi connectivity index (χ1) is 7.68. The number of carbonyl (C=O) groups is 1. The van der Waals surface area contributed by atoms with Crippen LogP contribution in [0.25, 0.3) is 11.0 Å². The number of nitrogens with zero attached hydrogens (tertiary/aromatic N) is 2.